The monoisotopic (exact) mass is 181 g/mol. The molecule has 0 amide bonds. The van der Waals surface area contributed by atoms with Gasteiger partial charge in [-0.05, 0) is 12.8 Å². The van der Waals surface area contributed by atoms with Crippen molar-refractivity contribution in [3.8, 4) is 0 Å². The van der Waals surface area contributed by atoms with Gasteiger partial charge in [0, 0.05) is 17.9 Å². The summed E-state index contributed by atoms with van der Waals surface area (Å²) >= 11 is 0. The number of rotatable bonds is 2. The van der Waals surface area contributed by atoms with E-state index in [0.29, 0.717) is 17.9 Å². The second kappa shape index (κ2) is 3.10. The third-order valence-electron chi connectivity index (χ3n) is 2.47. The van der Waals surface area contributed by atoms with E-state index in [0.717, 1.165) is 24.6 Å². The van der Waals surface area contributed by atoms with Crippen molar-refractivity contribution in [1.29, 1.82) is 0 Å². The van der Waals surface area contributed by atoms with Gasteiger partial charge >= 0.3 is 0 Å². The molecule has 72 valence electrons. The molecule has 2 N–H and O–H groups in total. The van der Waals surface area contributed by atoms with E-state index in [1.807, 2.05) is 13.8 Å². The average molecular weight is 181 g/mol. The van der Waals surface area contributed by atoms with E-state index in [1.54, 1.807) is 0 Å². The second-order valence-corrected chi connectivity index (χ2v) is 4.06. The fourth-order valence-electron chi connectivity index (χ4n) is 1.51. The first-order chi connectivity index (χ1) is 6.16. The Morgan fingerprint density at radius 3 is 2.54 bits per heavy atom. The first-order valence-corrected chi connectivity index (χ1v) is 4.75. The maximum atomic E-state index is 5.68. The molecule has 0 saturated heterocycles. The van der Waals surface area contributed by atoms with E-state index < -0.39 is 0 Å². The summed E-state index contributed by atoms with van der Waals surface area (Å²) < 4.78 is 5.52. The molecule has 1 heterocycles. The maximum Gasteiger partial charge on any atom is 0.219 e. The largest absolute Gasteiger partial charge is 0.425 e. The Bertz CT molecular complexity index is 289. The molecule has 1 fully saturated rings. The molecule has 0 radical (unpaired) electrons. The Labute approximate surface area is 77.5 Å². The van der Waals surface area contributed by atoms with Crippen LogP contribution in [0.2, 0.25) is 0 Å². The maximum absolute atomic E-state index is 5.68. The lowest BCUT2D eigenvalue weighted by Crippen LogP contribution is -2.34. The van der Waals surface area contributed by atoms with Crippen LogP contribution in [0.3, 0.4) is 0 Å². The quantitative estimate of drug-likeness (QED) is 0.749. The van der Waals surface area contributed by atoms with Crippen LogP contribution in [0.5, 0.6) is 0 Å². The van der Waals surface area contributed by atoms with E-state index in [9.17, 15) is 0 Å². The molecule has 1 saturated carbocycles. The van der Waals surface area contributed by atoms with Crippen molar-refractivity contribution < 1.29 is 4.42 Å². The second-order valence-electron chi connectivity index (χ2n) is 4.06. The summed E-state index contributed by atoms with van der Waals surface area (Å²) in [6, 6.07) is 0.333. The van der Waals surface area contributed by atoms with Gasteiger partial charge in [-0.2, -0.15) is 0 Å². The average Bonchev–Trinajstić information content (AvgIpc) is 2.46. The number of hydrogen-bond donors (Lipinski definition) is 1. The lowest BCUT2D eigenvalue weighted by Gasteiger charge is -2.29. The normalized spacial score (nSPS) is 27.7. The van der Waals surface area contributed by atoms with Crippen molar-refractivity contribution in [2.75, 3.05) is 0 Å². The molecule has 0 unspecified atom stereocenters. The molecule has 13 heavy (non-hydrogen) atoms. The fraction of sp³-hybridized carbons (Fsp3) is 0.778. The van der Waals surface area contributed by atoms with Crippen molar-refractivity contribution in [3.63, 3.8) is 0 Å². The molecule has 1 aromatic rings. The summed E-state index contributed by atoms with van der Waals surface area (Å²) in [6.07, 6.45) is 1.97. The third-order valence-corrected chi connectivity index (χ3v) is 2.47. The van der Waals surface area contributed by atoms with Gasteiger partial charge in [-0.15, -0.1) is 10.2 Å². The highest BCUT2D eigenvalue weighted by Crippen LogP contribution is 2.35. The van der Waals surface area contributed by atoms with Crippen LogP contribution >= 0.6 is 0 Å². The van der Waals surface area contributed by atoms with Crippen molar-refractivity contribution in [1.82, 2.24) is 10.2 Å². The van der Waals surface area contributed by atoms with Crippen molar-refractivity contribution in [3.05, 3.63) is 11.8 Å². The molecular formula is C9H15N3O. The van der Waals surface area contributed by atoms with Gasteiger partial charge in [0.2, 0.25) is 11.8 Å². The minimum atomic E-state index is 0.315. The fourth-order valence-corrected chi connectivity index (χ4v) is 1.51. The zero-order chi connectivity index (χ0) is 9.42. The van der Waals surface area contributed by atoms with E-state index in [4.69, 9.17) is 10.2 Å². The van der Waals surface area contributed by atoms with Crippen LogP contribution in [0, 0.1) is 0 Å². The summed E-state index contributed by atoms with van der Waals surface area (Å²) in [6.45, 7) is 4.09. The van der Waals surface area contributed by atoms with Crippen LogP contribution in [0.25, 0.3) is 0 Å². The number of aromatic nitrogens is 2. The predicted octanol–water partition coefficient (Wildman–Crippen LogP) is 1.40. The number of nitrogens with two attached hydrogens (primary N) is 1. The molecule has 0 bridgehead atoms. The molecule has 4 heteroatoms. The van der Waals surface area contributed by atoms with Crippen LogP contribution in [-0.4, -0.2) is 16.2 Å². The highest BCUT2D eigenvalue weighted by Gasteiger charge is 2.31. The summed E-state index contributed by atoms with van der Waals surface area (Å²) in [5, 5.41) is 8.01. The van der Waals surface area contributed by atoms with Gasteiger partial charge in [-0.1, -0.05) is 13.8 Å². The molecule has 0 spiro atoms. The molecule has 0 aliphatic heterocycles. The van der Waals surface area contributed by atoms with E-state index in [-0.39, 0.29) is 0 Å². The van der Waals surface area contributed by atoms with Crippen molar-refractivity contribution in [2.45, 2.75) is 44.6 Å². The van der Waals surface area contributed by atoms with Crippen molar-refractivity contribution >= 4 is 0 Å². The molecular weight excluding hydrogens is 166 g/mol. The smallest absolute Gasteiger partial charge is 0.219 e. The summed E-state index contributed by atoms with van der Waals surface area (Å²) in [4.78, 5) is 0. The van der Waals surface area contributed by atoms with Gasteiger partial charge < -0.3 is 10.2 Å². The van der Waals surface area contributed by atoms with Gasteiger partial charge in [-0.3, -0.25) is 0 Å². The number of hydrogen-bond acceptors (Lipinski definition) is 4. The highest BCUT2D eigenvalue weighted by molar-refractivity contribution is 5.02. The Kier molecular flexibility index (Phi) is 2.07. The van der Waals surface area contributed by atoms with E-state index in [1.165, 1.54) is 0 Å². The lowest BCUT2D eigenvalue weighted by molar-refractivity contribution is 0.285. The van der Waals surface area contributed by atoms with Crippen LogP contribution < -0.4 is 5.73 Å². The van der Waals surface area contributed by atoms with Gasteiger partial charge in [0.15, 0.2) is 0 Å². The van der Waals surface area contributed by atoms with E-state index in [2.05, 4.69) is 10.2 Å². The van der Waals surface area contributed by atoms with Crippen LogP contribution in [0.4, 0.5) is 0 Å². The first-order valence-electron chi connectivity index (χ1n) is 4.75. The standard InChI is InChI=1S/C9H15N3O/c1-5(2)8-11-12-9(13-8)6-3-7(10)4-6/h5-7H,3-4,10H2,1-2H3/t6-,7-. The van der Waals surface area contributed by atoms with Gasteiger partial charge in [-0.25, -0.2) is 0 Å². The molecule has 0 atom stereocenters. The van der Waals surface area contributed by atoms with E-state index >= 15 is 0 Å². The lowest BCUT2D eigenvalue weighted by atomic mass is 9.81. The highest BCUT2D eigenvalue weighted by atomic mass is 16.4. The topological polar surface area (TPSA) is 64.9 Å². The Balaban J connectivity index is 2.06. The summed E-state index contributed by atoms with van der Waals surface area (Å²) in [5.41, 5.74) is 5.68. The summed E-state index contributed by atoms with van der Waals surface area (Å²) in [7, 11) is 0. The Hall–Kier alpha value is -0.900. The minimum absolute atomic E-state index is 0.315. The number of nitrogens with zero attached hydrogens (tertiary/aromatic N) is 2. The zero-order valence-electron chi connectivity index (χ0n) is 8.03. The Morgan fingerprint density at radius 2 is 2.08 bits per heavy atom. The molecule has 4 nitrogen and oxygen atoms in total. The first kappa shape index (κ1) is 8.69. The van der Waals surface area contributed by atoms with Gasteiger partial charge in [0.25, 0.3) is 0 Å². The SMILES string of the molecule is CC(C)c1nnc([C@H]2C[C@H](N)C2)o1. The Morgan fingerprint density at radius 1 is 1.38 bits per heavy atom. The van der Waals surface area contributed by atoms with Crippen LogP contribution in [-0.2, 0) is 0 Å². The van der Waals surface area contributed by atoms with Crippen LogP contribution in [0.1, 0.15) is 50.3 Å². The third kappa shape index (κ3) is 1.58. The molecule has 2 rings (SSSR count). The predicted molar refractivity (Wildman–Crippen MR) is 48.3 cm³/mol. The molecule has 0 aromatic carbocycles. The van der Waals surface area contributed by atoms with Crippen molar-refractivity contribution in [2.24, 2.45) is 5.73 Å². The van der Waals surface area contributed by atoms with Gasteiger partial charge in [0.05, 0.1) is 0 Å². The molecule has 1 aromatic heterocycles. The zero-order valence-corrected chi connectivity index (χ0v) is 8.03. The molecule has 1 aliphatic carbocycles. The van der Waals surface area contributed by atoms with Gasteiger partial charge in [0.1, 0.15) is 0 Å². The van der Waals surface area contributed by atoms with Crippen LogP contribution in [0.15, 0.2) is 4.42 Å². The molecule has 1 aliphatic rings. The summed E-state index contributed by atoms with van der Waals surface area (Å²) in [5.74, 6) is 2.23. The minimum Gasteiger partial charge on any atom is -0.425 e.